The van der Waals surface area contributed by atoms with Gasteiger partial charge >= 0.3 is 0 Å². The molecule has 0 aromatic heterocycles. The summed E-state index contributed by atoms with van der Waals surface area (Å²) < 4.78 is -0.772. The summed E-state index contributed by atoms with van der Waals surface area (Å²) in [5.74, 6) is -1.64. The Morgan fingerprint density at radius 1 is 1.13 bits per heavy atom. The minimum atomic E-state index is -0.834. The molecular weight excluding hydrogens is 534 g/mol. The maximum atomic E-state index is 14.3. The van der Waals surface area contributed by atoms with Crippen LogP contribution in [-0.2, 0) is 20.9 Å². The summed E-state index contributed by atoms with van der Waals surface area (Å²) in [4.78, 5) is 43.7. The molecule has 7 atom stereocenters. The summed E-state index contributed by atoms with van der Waals surface area (Å²) in [5.41, 5.74) is 1.46. The summed E-state index contributed by atoms with van der Waals surface area (Å²) in [6.07, 6.45) is 1.30. The van der Waals surface area contributed by atoms with Gasteiger partial charge in [-0.3, -0.25) is 14.4 Å². The van der Waals surface area contributed by atoms with E-state index in [1.54, 1.807) is 40.9 Å². The largest absolute Gasteiger partial charge is 0.394 e. The summed E-state index contributed by atoms with van der Waals surface area (Å²) in [6.45, 7) is 6.27. The van der Waals surface area contributed by atoms with E-state index in [9.17, 15) is 19.5 Å². The van der Waals surface area contributed by atoms with E-state index in [1.807, 2.05) is 44.2 Å². The number of aliphatic hydroxyl groups is 1. The Labute approximate surface area is 239 Å². The van der Waals surface area contributed by atoms with Crippen molar-refractivity contribution < 1.29 is 19.5 Å². The van der Waals surface area contributed by atoms with E-state index in [0.29, 0.717) is 23.7 Å². The number of carbonyl (C=O) groups is 3. The number of rotatable bonds is 9. The molecule has 3 saturated heterocycles. The van der Waals surface area contributed by atoms with Gasteiger partial charge in [-0.05, 0) is 42.4 Å². The molecule has 5 rings (SSSR count). The molecule has 3 unspecified atom stereocenters. The highest BCUT2D eigenvalue weighted by molar-refractivity contribution is 8.02. The molecule has 2 bridgehead atoms. The van der Waals surface area contributed by atoms with E-state index in [4.69, 9.17) is 11.6 Å². The predicted octanol–water partition coefficient (Wildman–Crippen LogP) is 4.34. The number of nitrogens with one attached hydrogen (secondary N) is 2. The van der Waals surface area contributed by atoms with Crippen molar-refractivity contribution in [2.75, 3.05) is 11.9 Å². The first-order chi connectivity index (χ1) is 18.7. The van der Waals surface area contributed by atoms with Crippen molar-refractivity contribution in [3.63, 3.8) is 0 Å². The maximum Gasteiger partial charge on any atom is 0.248 e. The van der Waals surface area contributed by atoms with Crippen LogP contribution in [0.1, 0.15) is 39.2 Å². The van der Waals surface area contributed by atoms with Crippen molar-refractivity contribution in [2.24, 2.45) is 23.7 Å². The van der Waals surface area contributed by atoms with Crippen molar-refractivity contribution in [3.8, 4) is 0 Å². The monoisotopic (exact) mass is 569 g/mol. The average Bonchev–Trinajstić information content (AvgIpc) is 3.51. The van der Waals surface area contributed by atoms with Gasteiger partial charge in [-0.25, -0.2) is 0 Å². The predicted molar refractivity (Wildman–Crippen MR) is 154 cm³/mol. The first-order valence-corrected chi connectivity index (χ1v) is 14.9. The number of likely N-dealkylation sites (tertiary alicyclic amines) is 1. The van der Waals surface area contributed by atoms with Crippen LogP contribution in [0.5, 0.6) is 0 Å². The number of para-hydroxylation sites is 1. The molecule has 3 amide bonds. The molecule has 3 N–H and O–H groups in total. The highest BCUT2D eigenvalue weighted by Crippen LogP contribution is 2.69. The summed E-state index contributed by atoms with van der Waals surface area (Å²) in [7, 11) is 0. The number of halogens is 1. The van der Waals surface area contributed by atoms with Gasteiger partial charge in [0, 0.05) is 11.8 Å². The van der Waals surface area contributed by atoms with Crippen molar-refractivity contribution >= 4 is 46.8 Å². The maximum absolute atomic E-state index is 14.3. The molecule has 3 aliphatic rings. The molecular formula is C30H36ClN3O4S. The molecule has 7 nitrogen and oxygen atoms in total. The third-order valence-electron chi connectivity index (χ3n) is 8.52. The number of amides is 3. The van der Waals surface area contributed by atoms with Crippen LogP contribution in [0.15, 0.2) is 54.6 Å². The standard InChI is InChI=1S/C30H36ClN3O4S/c1-17(2)13-20(16-35)34-26(28(37)33-22-12-8-7-11-21(22)31)30-18(3)14-23(39-30)24(25(30)29(34)38)27(36)32-15-19-9-5-4-6-10-19/h4-12,17-18,20,23-26,35H,13-16H2,1-3H3,(H,32,36)(H,33,37)/t18?,20-,23+,24-,25+,26?,30?/m1/s1. The number of hydrogen-bond acceptors (Lipinski definition) is 5. The fourth-order valence-electron chi connectivity index (χ4n) is 6.94. The number of thioether (sulfide) groups is 1. The Hall–Kier alpha value is -2.55. The molecule has 3 heterocycles. The fourth-order valence-corrected chi connectivity index (χ4v) is 9.53. The molecule has 0 radical (unpaired) electrons. The van der Waals surface area contributed by atoms with E-state index >= 15 is 0 Å². The van der Waals surface area contributed by atoms with E-state index in [1.165, 1.54) is 0 Å². The van der Waals surface area contributed by atoms with Crippen LogP contribution in [0, 0.1) is 23.7 Å². The Bertz CT molecular complexity index is 1240. The van der Waals surface area contributed by atoms with Crippen molar-refractivity contribution in [2.45, 2.75) is 62.2 Å². The van der Waals surface area contributed by atoms with Gasteiger partial charge in [0.1, 0.15) is 6.04 Å². The van der Waals surface area contributed by atoms with E-state index in [2.05, 4.69) is 17.6 Å². The molecule has 3 aliphatic heterocycles. The number of benzene rings is 2. The molecule has 2 aromatic carbocycles. The topological polar surface area (TPSA) is 98.7 Å². The minimum Gasteiger partial charge on any atom is -0.394 e. The van der Waals surface area contributed by atoms with Crippen LogP contribution >= 0.6 is 23.4 Å². The second-order valence-corrected chi connectivity index (χ2v) is 13.4. The normalized spacial score (nSPS) is 29.9. The minimum absolute atomic E-state index is 0.0324. The van der Waals surface area contributed by atoms with Crippen LogP contribution in [0.2, 0.25) is 5.02 Å². The van der Waals surface area contributed by atoms with E-state index in [-0.39, 0.29) is 41.4 Å². The van der Waals surface area contributed by atoms with Crippen molar-refractivity contribution in [1.82, 2.24) is 10.2 Å². The van der Waals surface area contributed by atoms with Gasteiger partial charge in [0.15, 0.2) is 0 Å². The number of hydrogen-bond donors (Lipinski definition) is 3. The lowest BCUT2D eigenvalue weighted by Gasteiger charge is -2.40. The first kappa shape index (κ1) is 28.0. The molecule has 2 aromatic rings. The van der Waals surface area contributed by atoms with Gasteiger partial charge in [0.25, 0.3) is 0 Å². The summed E-state index contributed by atoms with van der Waals surface area (Å²) >= 11 is 7.99. The van der Waals surface area contributed by atoms with Crippen LogP contribution < -0.4 is 10.6 Å². The molecule has 9 heteroatoms. The highest BCUT2D eigenvalue weighted by atomic mass is 35.5. The Morgan fingerprint density at radius 2 is 1.82 bits per heavy atom. The lowest BCUT2D eigenvalue weighted by molar-refractivity contribution is -0.142. The van der Waals surface area contributed by atoms with Crippen LogP contribution in [-0.4, -0.2) is 56.4 Å². The smallest absolute Gasteiger partial charge is 0.248 e. The molecule has 0 aliphatic carbocycles. The lowest BCUT2D eigenvalue weighted by atomic mass is 9.66. The van der Waals surface area contributed by atoms with Crippen LogP contribution in [0.3, 0.4) is 0 Å². The average molecular weight is 570 g/mol. The fraction of sp³-hybridized carbons (Fsp3) is 0.500. The van der Waals surface area contributed by atoms with Gasteiger partial charge in [-0.2, -0.15) is 0 Å². The van der Waals surface area contributed by atoms with E-state index in [0.717, 1.165) is 12.0 Å². The molecule has 1 spiro atoms. The van der Waals surface area contributed by atoms with Crippen molar-refractivity contribution in [3.05, 3.63) is 65.2 Å². The first-order valence-electron chi connectivity index (χ1n) is 13.7. The molecule has 208 valence electrons. The number of anilines is 1. The molecule has 39 heavy (non-hydrogen) atoms. The lowest BCUT2D eigenvalue weighted by Crippen LogP contribution is -2.57. The van der Waals surface area contributed by atoms with Crippen LogP contribution in [0.25, 0.3) is 0 Å². The van der Waals surface area contributed by atoms with Crippen LogP contribution in [0.4, 0.5) is 5.69 Å². The van der Waals surface area contributed by atoms with Gasteiger partial charge < -0.3 is 20.6 Å². The van der Waals surface area contributed by atoms with Crippen molar-refractivity contribution in [1.29, 1.82) is 0 Å². The second kappa shape index (κ2) is 11.1. The number of nitrogens with zero attached hydrogens (tertiary/aromatic N) is 1. The third kappa shape index (κ3) is 4.85. The number of carbonyl (C=O) groups excluding carboxylic acids is 3. The van der Waals surface area contributed by atoms with Gasteiger partial charge in [0.2, 0.25) is 17.7 Å². The van der Waals surface area contributed by atoms with Gasteiger partial charge in [-0.1, -0.05) is 74.8 Å². The van der Waals surface area contributed by atoms with Gasteiger partial charge in [0.05, 0.1) is 39.9 Å². The summed E-state index contributed by atoms with van der Waals surface area (Å²) in [6, 6.07) is 15.3. The Morgan fingerprint density at radius 3 is 2.49 bits per heavy atom. The zero-order valence-electron chi connectivity index (χ0n) is 22.5. The second-order valence-electron chi connectivity index (χ2n) is 11.4. The zero-order valence-corrected chi connectivity index (χ0v) is 24.0. The molecule has 3 fully saturated rings. The summed E-state index contributed by atoms with van der Waals surface area (Å²) in [5, 5.41) is 16.8. The Balaban J connectivity index is 1.51. The highest BCUT2D eigenvalue weighted by Gasteiger charge is 2.76. The van der Waals surface area contributed by atoms with Gasteiger partial charge in [-0.15, -0.1) is 11.8 Å². The zero-order chi connectivity index (χ0) is 27.9. The number of aliphatic hydroxyl groups excluding tert-OH is 1. The van der Waals surface area contributed by atoms with E-state index < -0.39 is 28.7 Å². The SMILES string of the molecule is CC(C)C[C@H](CO)N1C(=O)[C@@H]2[C@H](C(=O)NCc3ccccc3)[C@@H]3CC(C)C2(S3)C1C(=O)Nc1ccccc1Cl. The third-order valence-corrected chi connectivity index (χ3v) is 10.9. The quantitative estimate of drug-likeness (QED) is 0.417. The Kier molecular flexibility index (Phi) is 8.00. The molecule has 0 saturated carbocycles. The number of fused-ring (bicyclic) bond motifs is 1.